The SMILES string of the molecule is CC(NC(=O)Cc1ccccc1[N+](=O)[O-])c1nc(-c2cccc(F)c2)no1. The second-order valence-corrected chi connectivity index (χ2v) is 5.82. The first-order valence-electron chi connectivity index (χ1n) is 8.05. The van der Waals surface area contributed by atoms with Crippen molar-refractivity contribution in [2.45, 2.75) is 19.4 Å². The van der Waals surface area contributed by atoms with Crippen molar-refractivity contribution >= 4 is 11.6 Å². The number of nitrogens with zero attached hydrogens (tertiary/aromatic N) is 3. The van der Waals surface area contributed by atoms with Crippen LogP contribution in [0.25, 0.3) is 11.4 Å². The van der Waals surface area contributed by atoms with Gasteiger partial charge in [0.2, 0.25) is 17.6 Å². The summed E-state index contributed by atoms with van der Waals surface area (Å²) in [7, 11) is 0. The summed E-state index contributed by atoms with van der Waals surface area (Å²) in [5, 5.41) is 17.5. The van der Waals surface area contributed by atoms with Crippen molar-refractivity contribution in [1.82, 2.24) is 15.5 Å². The highest BCUT2D eigenvalue weighted by molar-refractivity contribution is 5.80. The predicted octanol–water partition coefficient (Wildman–Crippen LogP) is 3.20. The molecule has 2 aromatic carbocycles. The lowest BCUT2D eigenvalue weighted by Gasteiger charge is -2.09. The summed E-state index contributed by atoms with van der Waals surface area (Å²) < 4.78 is 18.4. The van der Waals surface area contributed by atoms with Crippen LogP contribution in [-0.4, -0.2) is 21.0 Å². The fraction of sp³-hybridized carbons (Fsp3) is 0.167. The van der Waals surface area contributed by atoms with E-state index >= 15 is 0 Å². The fourth-order valence-corrected chi connectivity index (χ4v) is 2.52. The second kappa shape index (κ2) is 7.73. The zero-order valence-electron chi connectivity index (χ0n) is 14.3. The van der Waals surface area contributed by atoms with Crippen LogP contribution >= 0.6 is 0 Å². The summed E-state index contributed by atoms with van der Waals surface area (Å²) in [5.41, 5.74) is 0.632. The third-order valence-electron chi connectivity index (χ3n) is 3.81. The van der Waals surface area contributed by atoms with Crippen LogP contribution in [0.4, 0.5) is 10.1 Å². The van der Waals surface area contributed by atoms with Gasteiger partial charge in [0.15, 0.2) is 0 Å². The minimum atomic E-state index is -0.616. The van der Waals surface area contributed by atoms with E-state index in [4.69, 9.17) is 4.52 Å². The minimum Gasteiger partial charge on any atom is -0.344 e. The summed E-state index contributed by atoms with van der Waals surface area (Å²) in [6, 6.07) is 11.1. The first-order valence-corrected chi connectivity index (χ1v) is 8.05. The van der Waals surface area contributed by atoms with E-state index in [1.54, 1.807) is 19.1 Å². The van der Waals surface area contributed by atoms with Crippen molar-refractivity contribution in [2.75, 3.05) is 0 Å². The summed E-state index contributed by atoms with van der Waals surface area (Å²) in [6.45, 7) is 1.64. The largest absolute Gasteiger partial charge is 0.344 e. The molecule has 1 atom stereocenters. The van der Waals surface area contributed by atoms with Crippen molar-refractivity contribution in [3.8, 4) is 11.4 Å². The van der Waals surface area contributed by atoms with E-state index in [9.17, 15) is 19.3 Å². The number of aromatic nitrogens is 2. The summed E-state index contributed by atoms with van der Waals surface area (Å²) in [4.78, 5) is 26.9. The van der Waals surface area contributed by atoms with E-state index in [2.05, 4.69) is 15.5 Å². The van der Waals surface area contributed by atoms with E-state index < -0.39 is 22.7 Å². The summed E-state index contributed by atoms with van der Waals surface area (Å²) in [5.74, 6) is -0.513. The van der Waals surface area contributed by atoms with E-state index in [1.165, 1.54) is 36.4 Å². The van der Waals surface area contributed by atoms with Crippen LogP contribution in [0.5, 0.6) is 0 Å². The van der Waals surface area contributed by atoms with Gasteiger partial charge in [0.05, 0.1) is 11.3 Å². The van der Waals surface area contributed by atoms with Gasteiger partial charge in [-0.05, 0) is 19.1 Å². The Morgan fingerprint density at radius 1 is 1.30 bits per heavy atom. The molecular weight excluding hydrogens is 355 g/mol. The molecule has 138 valence electrons. The highest BCUT2D eigenvalue weighted by Crippen LogP contribution is 2.21. The molecule has 0 aliphatic rings. The van der Waals surface area contributed by atoms with Crippen LogP contribution in [0.2, 0.25) is 0 Å². The van der Waals surface area contributed by atoms with Gasteiger partial charge in [-0.3, -0.25) is 14.9 Å². The van der Waals surface area contributed by atoms with E-state index in [0.717, 1.165) is 0 Å². The lowest BCUT2D eigenvalue weighted by Crippen LogP contribution is -2.28. The van der Waals surface area contributed by atoms with E-state index in [1.807, 2.05) is 0 Å². The van der Waals surface area contributed by atoms with Crippen LogP contribution < -0.4 is 5.32 Å². The second-order valence-electron chi connectivity index (χ2n) is 5.82. The van der Waals surface area contributed by atoms with Crippen LogP contribution in [-0.2, 0) is 11.2 Å². The van der Waals surface area contributed by atoms with Gasteiger partial charge >= 0.3 is 0 Å². The van der Waals surface area contributed by atoms with Crippen LogP contribution in [0, 0.1) is 15.9 Å². The van der Waals surface area contributed by atoms with E-state index in [-0.39, 0.29) is 23.8 Å². The number of carbonyl (C=O) groups excluding carboxylic acids is 1. The highest BCUT2D eigenvalue weighted by atomic mass is 19.1. The molecule has 1 unspecified atom stereocenters. The molecule has 9 heteroatoms. The number of halogens is 1. The Labute approximate surface area is 153 Å². The Morgan fingerprint density at radius 2 is 2.07 bits per heavy atom. The van der Waals surface area contributed by atoms with E-state index in [0.29, 0.717) is 11.1 Å². The van der Waals surface area contributed by atoms with Gasteiger partial charge in [-0.2, -0.15) is 4.98 Å². The summed E-state index contributed by atoms with van der Waals surface area (Å²) in [6.07, 6.45) is -0.160. The lowest BCUT2D eigenvalue weighted by molar-refractivity contribution is -0.385. The number of rotatable bonds is 6. The zero-order chi connectivity index (χ0) is 19.4. The molecule has 3 rings (SSSR count). The number of amides is 1. The maximum Gasteiger partial charge on any atom is 0.273 e. The third-order valence-corrected chi connectivity index (χ3v) is 3.81. The third kappa shape index (κ3) is 4.32. The van der Waals surface area contributed by atoms with Crippen LogP contribution in [0.15, 0.2) is 53.1 Å². The topological polar surface area (TPSA) is 111 Å². The van der Waals surface area contributed by atoms with Crippen LogP contribution in [0.3, 0.4) is 0 Å². The van der Waals surface area contributed by atoms with Gasteiger partial charge in [-0.1, -0.05) is 35.5 Å². The number of nitrogens with one attached hydrogen (secondary N) is 1. The quantitative estimate of drug-likeness (QED) is 0.527. The molecule has 0 bridgehead atoms. The molecule has 1 heterocycles. The smallest absolute Gasteiger partial charge is 0.273 e. The molecule has 1 aromatic heterocycles. The molecular formula is C18H15FN4O4. The standard InChI is InChI=1S/C18H15FN4O4/c1-11(18-21-17(22-27-18)13-6-4-7-14(19)9-13)20-16(24)10-12-5-2-3-8-15(12)23(25)26/h2-9,11H,10H2,1H3,(H,20,24). The average molecular weight is 370 g/mol. The van der Waals surface area contributed by atoms with Crippen molar-refractivity contribution < 1.29 is 18.6 Å². The van der Waals surface area contributed by atoms with Crippen molar-refractivity contribution in [3.05, 3.63) is 75.9 Å². The van der Waals surface area contributed by atoms with Gasteiger partial charge in [-0.15, -0.1) is 0 Å². The molecule has 1 N–H and O–H groups in total. The molecule has 3 aromatic rings. The molecule has 0 fully saturated rings. The van der Waals surface area contributed by atoms with Crippen molar-refractivity contribution in [2.24, 2.45) is 0 Å². The normalized spacial score (nSPS) is 11.8. The molecule has 27 heavy (non-hydrogen) atoms. The zero-order valence-corrected chi connectivity index (χ0v) is 14.3. The molecule has 0 spiro atoms. The molecule has 0 saturated carbocycles. The molecule has 8 nitrogen and oxygen atoms in total. The fourth-order valence-electron chi connectivity index (χ4n) is 2.52. The van der Waals surface area contributed by atoms with Crippen molar-refractivity contribution in [3.63, 3.8) is 0 Å². The van der Waals surface area contributed by atoms with Crippen molar-refractivity contribution in [1.29, 1.82) is 0 Å². The number of hydrogen-bond donors (Lipinski definition) is 1. The number of para-hydroxylation sites is 1. The first kappa shape index (κ1) is 18.2. The molecule has 0 saturated heterocycles. The van der Waals surface area contributed by atoms with Gasteiger partial charge in [0, 0.05) is 17.2 Å². The molecule has 0 aliphatic carbocycles. The lowest BCUT2D eigenvalue weighted by atomic mass is 10.1. The monoisotopic (exact) mass is 370 g/mol. The van der Waals surface area contributed by atoms with Gasteiger partial charge in [-0.25, -0.2) is 4.39 Å². The Kier molecular flexibility index (Phi) is 5.20. The number of hydrogen-bond acceptors (Lipinski definition) is 6. The number of nitro groups is 1. The van der Waals surface area contributed by atoms with Crippen LogP contribution in [0.1, 0.15) is 24.4 Å². The number of nitro benzene ring substituents is 1. The predicted molar refractivity (Wildman–Crippen MR) is 93.1 cm³/mol. The first-order chi connectivity index (χ1) is 12.9. The molecule has 0 aliphatic heterocycles. The maximum atomic E-state index is 13.3. The maximum absolute atomic E-state index is 13.3. The minimum absolute atomic E-state index is 0.119. The molecule has 0 radical (unpaired) electrons. The Balaban J connectivity index is 1.68. The molecule has 1 amide bonds. The summed E-state index contributed by atoms with van der Waals surface area (Å²) >= 11 is 0. The Bertz CT molecular complexity index is 989. The van der Waals surface area contributed by atoms with Gasteiger partial charge in [0.1, 0.15) is 11.9 Å². The van der Waals surface area contributed by atoms with Gasteiger partial charge in [0.25, 0.3) is 5.69 Å². The van der Waals surface area contributed by atoms with Gasteiger partial charge < -0.3 is 9.84 Å². The number of benzene rings is 2. The number of carbonyl (C=O) groups is 1. The highest BCUT2D eigenvalue weighted by Gasteiger charge is 2.20. The average Bonchev–Trinajstić information content (AvgIpc) is 3.12. The Morgan fingerprint density at radius 3 is 2.81 bits per heavy atom. The Hall–Kier alpha value is -3.62.